The van der Waals surface area contributed by atoms with Gasteiger partial charge in [-0.2, -0.15) is 0 Å². The molecule has 3 heterocycles. The summed E-state index contributed by atoms with van der Waals surface area (Å²) in [7, 11) is -4.78. The maximum atomic E-state index is 13.6. The number of sulfone groups is 1. The minimum atomic E-state index is -3.42. The van der Waals surface area contributed by atoms with Crippen molar-refractivity contribution in [2.75, 3.05) is 26.1 Å². The van der Waals surface area contributed by atoms with Gasteiger partial charge in [0.2, 0.25) is 0 Å². The van der Waals surface area contributed by atoms with E-state index in [0.717, 1.165) is 38.4 Å². The predicted molar refractivity (Wildman–Crippen MR) is 207 cm³/mol. The quantitative estimate of drug-likeness (QED) is 0.101. The fraction of sp³-hybridized carbons (Fsp3) is 0.308. The highest BCUT2D eigenvalue weighted by molar-refractivity contribution is 14.1. The van der Waals surface area contributed by atoms with E-state index in [-0.39, 0.29) is 35.9 Å². The molecule has 0 amide bonds. The van der Waals surface area contributed by atoms with Gasteiger partial charge in [0.1, 0.15) is 5.25 Å². The summed E-state index contributed by atoms with van der Waals surface area (Å²) < 4.78 is 46.7. The average molecular weight is 808 g/mol. The molecule has 4 aromatic rings. The third-order valence-electron chi connectivity index (χ3n) is 9.52. The Morgan fingerprint density at radius 1 is 1.02 bits per heavy atom. The Bertz CT molecular complexity index is 1920. The van der Waals surface area contributed by atoms with Crippen molar-refractivity contribution >= 4 is 62.8 Å². The molecule has 0 radical (unpaired) electrons. The molecular weight excluding hydrogens is 765 g/mol. The maximum Gasteiger partial charge on any atom is 0.261 e. The number of halogens is 1. The third kappa shape index (κ3) is 7.16. The highest BCUT2D eigenvalue weighted by atomic mass is 127. The summed E-state index contributed by atoms with van der Waals surface area (Å²) in [5.74, 6) is 0.485. The molecule has 256 valence electrons. The van der Waals surface area contributed by atoms with Gasteiger partial charge >= 0.3 is 0 Å². The standard InChI is InChI=1S/C39H42INO6SSi/c1-39(2,3)49(30-13-7-5-8-14-30,31-15-9-6-10-16-31)47-24-29-26-48(43,44)36-25-46-34(37(29)36)19-18-28(33-17-11-12-20-41-33)21-27-22-32(40)38(42)35(23-27)45-4/h5-17,20-23,34,36,42H,18-19,24-26H2,1-4H3/b28-21-/t34-,36+/m1/s1. The monoisotopic (exact) mass is 807 g/mol. The van der Waals surface area contributed by atoms with Gasteiger partial charge in [0.05, 0.1) is 41.4 Å². The minimum Gasteiger partial charge on any atom is -0.504 e. The van der Waals surface area contributed by atoms with Gasteiger partial charge in [-0.15, -0.1) is 0 Å². The molecule has 1 fully saturated rings. The van der Waals surface area contributed by atoms with Crippen molar-refractivity contribution < 1.29 is 27.4 Å². The van der Waals surface area contributed by atoms with Crippen molar-refractivity contribution in [2.24, 2.45) is 0 Å². The number of aromatic nitrogens is 1. The van der Waals surface area contributed by atoms with E-state index in [9.17, 15) is 13.5 Å². The Hall–Kier alpha value is -3.29. The molecule has 7 nitrogen and oxygen atoms in total. The van der Waals surface area contributed by atoms with Crippen LogP contribution in [-0.4, -0.2) is 64.3 Å². The van der Waals surface area contributed by atoms with Crippen LogP contribution in [0.1, 0.15) is 44.9 Å². The van der Waals surface area contributed by atoms with E-state index >= 15 is 0 Å². The van der Waals surface area contributed by atoms with Crippen molar-refractivity contribution in [2.45, 2.75) is 50.0 Å². The lowest BCUT2D eigenvalue weighted by Crippen LogP contribution is -2.66. The zero-order valence-corrected chi connectivity index (χ0v) is 32.2. The maximum absolute atomic E-state index is 13.6. The van der Waals surface area contributed by atoms with Crippen LogP contribution in [0.25, 0.3) is 11.6 Å². The second-order valence-corrected chi connectivity index (χ2v) is 21.3. The number of pyridine rings is 1. The highest BCUT2D eigenvalue weighted by Crippen LogP contribution is 2.42. The van der Waals surface area contributed by atoms with Crippen molar-refractivity contribution in [3.8, 4) is 11.5 Å². The Labute approximate surface area is 304 Å². The van der Waals surface area contributed by atoms with E-state index in [1.165, 1.54) is 7.11 Å². The first-order chi connectivity index (χ1) is 23.4. The molecular formula is C39H42INO6SSi. The van der Waals surface area contributed by atoms with Gasteiger partial charge in [-0.05, 0) is 103 Å². The molecule has 10 heteroatoms. The molecule has 0 unspecified atom stereocenters. The number of fused-ring (bicyclic) bond motifs is 1. The Morgan fingerprint density at radius 2 is 1.67 bits per heavy atom. The largest absolute Gasteiger partial charge is 0.504 e. The molecule has 2 atom stereocenters. The normalized spacial score (nSPS) is 19.2. The molecule has 1 aromatic heterocycles. The number of benzene rings is 3. The van der Waals surface area contributed by atoms with Crippen molar-refractivity contribution in [3.63, 3.8) is 0 Å². The topological polar surface area (TPSA) is 95.0 Å². The molecule has 0 spiro atoms. The third-order valence-corrected chi connectivity index (χ3v) is 17.3. The smallest absolute Gasteiger partial charge is 0.261 e. The first kappa shape index (κ1) is 35.5. The van der Waals surface area contributed by atoms with E-state index in [0.29, 0.717) is 22.2 Å². The van der Waals surface area contributed by atoms with Crippen LogP contribution in [0.5, 0.6) is 11.5 Å². The van der Waals surface area contributed by atoms with Crippen LogP contribution in [0.15, 0.2) is 108 Å². The lowest BCUT2D eigenvalue weighted by molar-refractivity contribution is 0.118. The van der Waals surface area contributed by atoms with E-state index in [1.807, 2.05) is 42.5 Å². The average Bonchev–Trinajstić information content (AvgIpc) is 3.64. The number of ether oxygens (including phenoxy) is 2. The molecule has 0 saturated carbocycles. The molecule has 1 N–H and O–H groups in total. The second kappa shape index (κ2) is 14.5. The molecule has 0 bridgehead atoms. The van der Waals surface area contributed by atoms with Crippen molar-refractivity contribution in [1.29, 1.82) is 0 Å². The molecule has 49 heavy (non-hydrogen) atoms. The number of nitrogens with zero attached hydrogens (tertiary/aromatic N) is 1. The zero-order chi connectivity index (χ0) is 34.8. The zero-order valence-electron chi connectivity index (χ0n) is 28.2. The Kier molecular flexibility index (Phi) is 10.5. The summed E-state index contributed by atoms with van der Waals surface area (Å²) in [6, 6.07) is 30.3. The fourth-order valence-electron chi connectivity index (χ4n) is 7.24. The van der Waals surface area contributed by atoms with Crippen LogP contribution in [0.4, 0.5) is 0 Å². The lowest BCUT2D eigenvalue weighted by atomic mass is 9.95. The summed E-state index contributed by atoms with van der Waals surface area (Å²) in [5, 5.41) is 11.8. The predicted octanol–water partition coefficient (Wildman–Crippen LogP) is 6.79. The summed E-state index contributed by atoms with van der Waals surface area (Å²) in [6.07, 6.45) is 4.63. The number of methoxy groups -OCH3 is 1. The van der Waals surface area contributed by atoms with Gasteiger partial charge in [-0.1, -0.05) is 87.5 Å². The molecule has 6 rings (SSSR count). The van der Waals surface area contributed by atoms with Gasteiger partial charge in [0, 0.05) is 6.20 Å². The summed E-state index contributed by atoms with van der Waals surface area (Å²) in [6.45, 7) is 7.06. The van der Waals surface area contributed by atoms with Crippen molar-refractivity contribution in [3.05, 3.63) is 123 Å². The van der Waals surface area contributed by atoms with Gasteiger partial charge in [-0.3, -0.25) is 4.98 Å². The van der Waals surface area contributed by atoms with Crippen LogP contribution in [-0.2, 0) is 19.0 Å². The lowest BCUT2D eigenvalue weighted by Gasteiger charge is -2.43. The second-order valence-electron chi connectivity index (χ2n) is 13.6. The van der Waals surface area contributed by atoms with E-state index in [1.54, 1.807) is 12.3 Å². The molecule has 2 aliphatic rings. The van der Waals surface area contributed by atoms with Crippen LogP contribution >= 0.6 is 22.6 Å². The van der Waals surface area contributed by atoms with E-state index < -0.39 is 23.4 Å². The van der Waals surface area contributed by atoms with E-state index in [4.69, 9.17) is 13.9 Å². The Morgan fingerprint density at radius 3 is 2.27 bits per heavy atom. The first-order valence-corrected chi connectivity index (χ1v) is 21.1. The summed E-state index contributed by atoms with van der Waals surface area (Å²) in [4.78, 5) is 4.63. The minimum absolute atomic E-state index is 0.0141. The molecule has 1 saturated heterocycles. The molecule has 3 aromatic carbocycles. The van der Waals surface area contributed by atoms with Crippen LogP contribution in [0.2, 0.25) is 5.04 Å². The molecule has 2 aliphatic heterocycles. The number of aromatic hydroxyl groups is 1. The number of phenolic OH excluding ortho intramolecular Hbond substituents is 1. The number of rotatable bonds is 11. The van der Waals surface area contributed by atoms with Gasteiger partial charge < -0.3 is 19.0 Å². The van der Waals surface area contributed by atoms with Gasteiger partial charge in [0.15, 0.2) is 21.3 Å². The number of allylic oxidation sites excluding steroid dienone is 1. The van der Waals surface area contributed by atoms with Crippen LogP contribution < -0.4 is 15.1 Å². The molecule has 0 aliphatic carbocycles. The van der Waals surface area contributed by atoms with E-state index in [2.05, 4.69) is 96.9 Å². The fourth-order valence-corrected chi connectivity index (χ4v) is 14.3. The summed E-state index contributed by atoms with van der Waals surface area (Å²) in [5.41, 5.74) is 4.35. The first-order valence-electron chi connectivity index (χ1n) is 16.4. The summed E-state index contributed by atoms with van der Waals surface area (Å²) >= 11 is 2.09. The Balaban J connectivity index is 1.34. The highest BCUT2D eigenvalue weighted by Gasteiger charge is 2.52. The van der Waals surface area contributed by atoms with Crippen LogP contribution in [0, 0.1) is 3.57 Å². The number of phenols is 1. The number of hydrogen-bond acceptors (Lipinski definition) is 7. The van der Waals surface area contributed by atoms with Crippen molar-refractivity contribution in [1.82, 2.24) is 4.98 Å². The number of hydrogen-bond donors (Lipinski definition) is 1. The van der Waals surface area contributed by atoms with Gasteiger partial charge in [0.25, 0.3) is 8.32 Å². The van der Waals surface area contributed by atoms with Gasteiger partial charge in [-0.25, -0.2) is 8.42 Å². The van der Waals surface area contributed by atoms with Crippen LogP contribution in [0.3, 0.4) is 0 Å². The SMILES string of the molecule is COc1cc(/C=C(/CC[C@H]2OC[C@H]3C2=C(CO[Si](c2ccccc2)(c2ccccc2)C(C)(C)C)CS3(=O)=O)c2ccccn2)cc(I)c1O.